The number of carbonyl (C=O) groups is 1. The van der Waals surface area contributed by atoms with Gasteiger partial charge in [0.1, 0.15) is 0 Å². The highest BCUT2D eigenvalue weighted by molar-refractivity contribution is 5.71. The van der Waals surface area contributed by atoms with E-state index in [1.165, 1.54) is 31.3 Å². The molecule has 0 bridgehead atoms. The van der Waals surface area contributed by atoms with E-state index in [1.807, 2.05) is 0 Å². The molecule has 0 aromatic heterocycles. The second kappa shape index (κ2) is 12.2. The van der Waals surface area contributed by atoms with Crippen molar-refractivity contribution in [2.45, 2.75) is 58.8 Å². The number of unbranched alkanes of at least 4 members (excludes halogenated alkanes) is 3. The summed E-state index contributed by atoms with van der Waals surface area (Å²) >= 11 is 0. The van der Waals surface area contributed by atoms with Crippen LogP contribution in [0.25, 0.3) is 0 Å². The molecule has 0 spiro atoms. The standard InChI is InChI=1S/C15H28N2O/c1-3-4-8-11-14(2)12-9-6-5-7-10-13-17-15(16)18/h5,7,12H,3-4,6,8-11,13H2,1-2H3,(H3,16,17,18)/b7-5-,14-12?. The maximum atomic E-state index is 10.4. The van der Waals surface area contributed by atoms with Gasteiger partial charge in [-0.1, -0.05) is 43.6 Å². The van der Waals surface area contributed by atoms with Crippen molar-refractivity contribution >= 4 is 6.03 Å². The Hall–Kier alpha value is -1.25. The van der Waals surface area contributed by atoms with Gasteiger partial charge < -0.3 is 11.1 Å². The molecule has 0 aliphatic rings. The molecule has 3 heteroatoms. The first-order valence-electron chi connectivity index (χ1n) is 7.00. The van der Waals surface area contributed by atoms with Crippen LogP contribution in [0.4, 0.5) is 4.79 Å². The Morgan fingerprint density at radius 3 is 2.56 bits per heavy atom. The fraction of sp³-hybridized carbons (Fsp3) is 0.667. The predicted molar refractivity (Wildman–Crippen MR) is 78.5 cm³/mol. The molecule has 0 aromatic carbocycles. The van der Waals surface area contributed by atoms with Gasteiger partial charge in [0.2, 0.25) is 0 Å². The molecule has 0 saturated heterocycles. The van der Waals surface area contributed by atoms with Crippen molar-refractivity contribution in [3.63, 3.8) is 0 Å². The van der Waals surface area contributed by atoms with Crippen LogP contribution in [-0.2, 0) is 0 Å². The second-order valence-corrected chi connectivity index (χ2v) is 4.64. The van der Waals surface area contributed by atoms with E-state index in [0.29, 0.717) is 6.54 Å². The summed E-state index contributed by atoms with van der Waals surface area (Å²) in [6.45, 7) is 5.07. The zero-order valence-electron chi connectivity index (χ0n) is 11.9. The van der Waals surface area contributed by atoms with Crippen LogP contribution in [0.15, 0.2) is 23.8 Å². The number of amides is 2. The van der Waals surface area contributed by atoms with Crippen LogP contribution in [0, 0.1) is 0 Å². The Kier molecular flexibility index (Phi) is 11.4. The fourth-order valence-electron chi connectivity index (χ4n) is 1.70. The van der Waals surface area contributed by atoms with E-state index in [9.17, 15) is 4.79 Å². The minimum atomic E-state index is -0.450. The van der Waals surface area contributed by atoms with Crippen LogP contribution >= 0.6 is 0 Å². The summed E-state index contributed by atoms with van der Waals surface area (Å²) in [7, 11) is 0. The van der Waals surface area contributed by atoms with E-state index in [4.69, 9.17) is 5.73 Å². The van der Waals surface area contributed by atoms with E-state index >= 15 is 0 Å². The number of allylic oxidation sites excluding steroid dienone is 3. The van der Waals surface area contributed by atoms with Crippen molar-refractivity contribution in [1.82, 2.24) is 5.32 Å². The van der Waals surface area contributed by atoms with Crippen LogP contribution in [0.1, 0.15) is 58.8 Å². The quantitative estimate of drug-likeness (QED) is 0.449. The third-order valence-corrected chi connectivity index (χ3v) is 2.78. The summed E-state index contributed by atoms with van der Waals surface area (Å²) in [5.74, 6) is 0. The first-order chi connectivity index (χ1) is 8.66. The predicted octanol–water partition coefficient (Wildman–Crippen LogP) is 3.91. The van der Waals surface area contributed by atoms with Crippen LogP contribution in [0.5, 0.6) is 0 Å². The highest BCUT2D eigenvalue weighted by atomic mass is 16.2. The molecule has 0 atom stereocenters. The smallest absolute Gasteiger partial charge is 0.312 e. The molecule has 0 aliphatic heterocycles. The Bertz CT molecular complexity index is 270. The van der Waals surface area contributed by atoms with E-state index in [0.717, 1.165) is 19.3 Å². The van der Waals surface area contributed by atoms with E-state index < -0.39 is 6.03 Å². The first kappa shape index (κ1) is 16.8. The summed E-state index contributed by atoms with van der Waals surface area (Å²) in [4.78, 5) is 10.4. The van der Waals surface area contributed by atoms with Crippen LogP contribution in [-0.4, -0.2) is 12.6 Å². The summed E-state index contributed by atoms with van der Waals surface area (Å²) in [6.07, 6.45) is 14.8. The van der Waals surface area contributed by atoms with Gasteiger partial charge in [-0.2, -0.15) is 0 Å². The lowest BCUT2D eigenvalue weighted by Crippen LogP contribution is -2.29. The van der Waals surface area contributed by atoms with Gasteiger partial charge >= 0.3 is 6.03 Å². The number of carbonyl (C=O) groups excluding carboxylic acids is 1. The number of nitrogens with one attached hydrogen (secondary N) is 1. The van der Waals surface area contributed by atoms with Gasteiger partial charge in [-0.05, 0) is 39.0 Å². The Morgan fingerprint density at radius 2 is 1.89 bits per heavy atom. The van der Waals surface area contributed by atoms with Crippen molar-refractivity contribution < 1.29 is 4.79 Å². The van der Waals surface area contributed by atoms with E-state index in [1.54, 1.807) is 0 Å². The van der Waals surface area contributed by atoms with E-state index in [-0.39, 0.29) is 0 Å². The lowest BCUT2D eigenvalue weighted by Gasteiger charge is -1.99. The van der Waals surface area contributed by atoms with Gasteiger partial charge in [0.25, 0.3) is 0 Å². The molecule has 104 valence electrons. The molecule has 0 radical (unpaired) electrons. The van der Waals surface area contributed by atoms with Crippen molar-refractivity contribution in [2.75, 3.05) is 6.54 Å². The molecule has 3 nitrogen and oxygen atoms in total. The van der Waals surface area contributed by atoms with Crippen LogP contribution in [0.3, 0.4) is 0 Å². The van der Waals surface area contributed by atoms with Crippen molar-refractivity contribution in [2.24, 2.45) is 5.73 Å². The molecule has 0 unspecified atom stereocenters. The number of hydrogen-bond acceptors (Lipinski definition) is 1. The molecule has 0 rings (SSSR count). The first-order valence-corrected chi connectivity index (χ1v) is 7.00. The molecular formula is C15H28N2O. The van der Waals surface area contributed by atoms with Gasteiger partial charge in [-0.25, -0.2) is 4.79 Å². The number of urea groups is 1. The van der Waals surface area contributed by atoms with Crippen molar-refractivity contribution in [3.8, 4) is 0 Å². The van der Waals surface area contributed by atoms with Gasteiger partial charge in [-0.3, -0.25) is 0 Å². The Morgan fingerprint density at radius 1 is 1.17 bits per heavy atom. The highest BCUT2D eigenvalue weighted by Crippen LogP contribution is 2.09. The van der Waals surface area contributed by atoms with E-state index in [2.05, 4.69) is 37.4 Å². The minimum Gasteiger partial charge on any atom is -0.352 e. The third-order valence-electron chi connectivity index (χ3n) is 2.78. The maximum Gasteiger partial charge on any atom is 0.312 e. The van der Waals surface area contributed by atoms with Crippen LogP contribution in [0.2, 0.25) is 0 Å². The number of nitrogens with two attached hydrogens (primary N) is 1. The monoisotopic (exact) mass is 252 g/mol. The molecule has 0 aliphatic carbocycles. The highest BCUT2D eigenvalue weighted by Gasteiger charge is 1.90. The number of hydrogen-bond donors (Lipinski definition) is 2. The summed E-state index contributed by atoms with van der Waals surface area (Å²) in [5.41, 5.74) is 6.46. The summed E-state index contributed by atoms with van der Waals surface area (Å²) in [5, 5.41) is 2.56. The number of rotatable bonds is 10. The largest absolute Gasteiger partial charge is 0.352 e. The van der Waals surface area contributed by atoms with Crippen molar-refractivity contribution in [1.29, 1.82) is 0 Å². The molecule has 3 N–H and O–H groups in total. The topological polar surface area (TPSA) is 55.1 Å². The second-order valence-electron chi connectivity index (χ2n) is 4.64. The van der Waals surface area contributed by atoms with Gasteiger partial charge in [0, 0.05) is 6.54 Å². The molecule has 0 fully saturated rings. The molecular weight excluding hydrogens is 224 g/mol. The molecule has 0 saturated carbocycles. The summed E-state index contributed by atoms with van der Waals surface area (Å²) in [6, 6.07) is -0.450. The Labute approximate surface area is 112 Å². The zero-order valence-corrected chi connectivity index (χ0v) is 11.9. The zero-order chi connectivity index (χ0) is 13.6. The average Bonchev–Trinajstić information content (AvgIpc) is 2.32. The maximum absolute atomic E-state index is 10.4. The minimum absolute atomic E-state index is 0.450. The average molecular weight is 252 g/mol. The lowest BCUT2D eigenvalue weighted by atomic mass is 10.1. The summed E-state index contributed by atoms with van der Waals surface area (Å²) < 4.78 is 0. The third kappa shape index (κ3) is 12.8. The molecule has 18 heavy (non-hydrogen) atoms. The van der Waals surface area contributed by atoms with Gasteiger partial charge in [-0.15, -0.1) is 0 Å². The molecule has 2 amide bonds. The molecule has 0 heterocycles. The van der Waals surface area contributed by atoms with Crippen LogP contribution < -0.4 is 11.1 Å². The van der Waals surface area contributed by atoms with Crippen molar-refractivity contribution in [3.05, 3.63) is 23.8 Å². The molecule has 0 aromatic rings. The lowest BCUT2D eigenvalue weighted by molar-refractivity contribution is 0.249. The normalized spacial score (nSPS) is 12.0. The van der Waals surface area contributed by atoms with Gasteiger partial charge in [0.15, 0.2) is 0 Å². The Balaban J connectivity index is 3.44. The number of primary amides is 1. The van der Waals surface area contributed by atoms with Gasteiger partial charge in [0.05, 0.1) is 0 Å². The fourth-order valence-corrected chi connectivity index (χ4v) is 1.70. The SMILES string of the molecule is CCCCCC(C)=CCC/C=C\CCNC(N)=O.